The normalized spacial score (nSPS) is 32.6. The van der Waals surface area contributed by atoms with E-state index in [1.54, 1.807) is 41.5 Å². The summed E-state index contributed by atoms with van der Waals surface area (Å²) < 4.78 is 53.0. The van der Waals surface area contributed by atoms with Crippen molar-refractivity contribution in [2.75, 3.05) is 26.2 Å². The van der Waals surface area contributed by atoms with Crippen LogP contribution in [0, 0.1) is 10.8 Å². The maximum atomic E-state index is 14.1. The summed E-state index contributed by atoms with van der Waals surface area (Å²) in [5.74, 6) is -6.76. The van der Waals surface area contributed by atoms with Crippen LogP contribution in [0.2, 0.25) is 0 Å². The van der Waals surface area contributed by atoms with Crippen molar-refractivity contribution in [2.45, 2.75) is 77.4 Å². The van der Waals surface area contributed by atoms with E-state index in [0.29, 0.717) is 0 Å². The lowest BCUT2D eigenvalue weighted by molar-refractivity contribution is -0.550. The van der Waals surface area contributed by atoms with Gasteiger partial charge in [-0.05, 0) is 6.92 Å². The quantitative estimate of drug-likeness (QED) is 0.574. The molecule has 2 spiro atoms. The summed E-state index contributed by atoms with van der Waals surface area (Å²) in [5, 5.41) is 21.7. The Balaban J connectivity index is 1.90. The standard InChI is InChI=1S/C20H31F3N2O6/c1-14(2,3)12(26)24-8-17(9-24)16(7,28)30-18(19(29,31-17)20(21,22)23)10-25(11-18)13(27)15(4,5)6/h28-29H,8-11H2,1-7H3/t16-,19+/m1/s1. The third kappa shape index (κ3) is 3.35. The number of halogens is 3. The molecule has 178 valence electrons. The number of carbonyl (C=O) groups excluding carboxylic acids is 2. The molecule has 0 radical (unpaired) electrons. The molecular weight excluding hydrogens is 421 g/mol. The number of aliphatic hydroxyl groups is 2. The number of alkyl halides is 3. The molecule has 3 aliphatic rings. The van der Waals surface area contributed by atoms with Crippen LogP contribution in [0.5, 0.6) is 0 Å². The molecule has 0 bridgehead atoms. The Labute approximate surface area is 179 Å². The van der Waals surface area contributed by atoms with Crippen LogP contribution < -0.4 is 0 Å². The molecule has 3 heterocycles. The third-order valence-electron chi connectivity index (χ3n) is 6.23. The largest absolute Gasteiger partial charge is 0.446 e. The van der Waals surface area contributed by atoms with Crippen LogP contribution in [0.4, 0.5) is 13.2 Å². The minimum Gasteiger partial charge on any atom is -0.363 e. The highest BCUT2D eigenvalue weighted by Crippen LogP contribution is 2.57. The van der Waals surface area contributed by atoms with Crippen molar-refractivity contribution in [3.8, 4) is 0 Å². The molecule has 11 heteroatoms. The lowest BCUT2D eigenvalue weighted by Gasteiger charge is -2.69. The second kappa shape index (κ2) is 6.33. The summed E-state index contributed by atoms with van der Waals surface area (Å²) in [6, 6.07) is 0. The first kappa shape index (κ1) is 24.2. The van der Waals surface area contributed by atoms with Crippen molar-refractivity contribution in [1.29, 1.82) is 0 Å². The SMILES string of the molecule is CC(C)(C)C(=O)N1CC2(C1)O[C@@](C)(O)C1(CN(C(=O)C(C)(C)C)C1)O[C@]2(O)C(F)(F)F. The maximum Gasteiger partial charge on any atom is 0.446 e. The van der Waals surface area contributed by atoms with Crippen molar-refractivity contribution in [3.05, 3.63) is 0 Å². The molecule has 2 atom stereocenters. The van der Waals surface area contributed by atoms with E-state index in [-0.39, 0.29) is 19.0 Å². The van der Waals surface area contributed by atoms with Crippen LogP contribution in [0.15, 0.2) is 0 Å². The van der Waals surface area contributed by atoms with Gasteiger partial charge in [0.2, 0.25) is 11.8 Å². The van der Waals surface area contributed by atoms with Gasteiger partial charge in [0.25, 0.3) is 5.79 Å². The second-order valence-corrected chi connectivity index (χ2v) is 11.1. The molecule has 0 aromatic rings. The van der Waals surface area contributed by atoms with Crippen LogP contribution in [0.3, 0.4) is 0 Å². The second-order valence-electron chi connectivity index (χ2n) is 11.1. The highest BCUT2D eigenvalue weighted by atomic mass is 19.4. The van der Waals surface area contributed by atoms with Crippen LogP contribution >= 0.6 is 0 Å². The van der Waals surface area contributed by atoms with Crippen molar-refractivity contribution >= 4 is 11.8 Å². The van der Waals surface area contributed by atoms with E-state index in [1.807, 2.05) is 0 Å². The molecule has 3 fully saturated rings. The van der Waals surface area contributed by atoms with Gasteiger partial charge in [0.05, 0.1) is 26.2 Å². The van der Waals surface area contributed by atoms with E-state index in [9.17, 15) is 33.0 Å². The van der Waals surface area contributed by atoms with Gasteiger partial charge in [0.1, 0.15) is 0 Å². The van der Waals surface area contributed by atoms with Gasteiger partial charge in [-0.3, -0.25) is 9.59 Å². The number of hydrogen-bond donors (Lipinski definition) is 2. The van der Waals surface area contributed by atoms with E-state index in [4.69, 9.17) is 9.47 Å². The molecule has 0 saturated carbocycles. The average molecular weight is 452 g/mol. The van der Waals surface area contributed by atoms with Crippen molar-refractivity contribution in [3.63, 3.8) is 0 Å². The van der Waals surface area contributed by atoms with Crippen LogP contribution in [0.25, 0.3) is 0 Å². The first-order chi connectivity index (χ1) is 13.6. The highest BCUT2D eigenvalue weighted by Gasteiger charge is 2.82. The Morgan fingerprint density at radius 3 is 1.45 bits per heavy atom. The van der Waals surface area contributed by atoms with E-state index in [2.05, 4.69) is 0 Å². The van der Waals surface area contributed by atoms with Gasteiger partial charge in [-0.15, -0.1) is 0 Å². The smallest absolute Gasteiger partial charge is 0.363 e. The Bertz CT molecular complexity index is 786. The van der Waals surface area contributed by atoms with Gasteiger partial charge in [-0.2, -0.15) is 13.2 Å². The molecular formula is C20H31F3N2O6. The maximum absolute atomic E-state index is 14.1. The van der Waals surface area contributed by atoms with Crippen LogP contribution in [-0.4, -0.2) is 87.0 Å². The third-order valence-corrected chi connectivity index (χ3v) is 6.23. The predicted molar refractivity (Wildman–Crippen MR) is 101 cm³/mol. The average Bonchev–Trinajstić information content (AvgIpc) is 2.47. The summed E-state index contributed by atoms with van der Waals surface area (Å²) in [7, 11) is 0. The molecule has 0 aliphatic carbocycles. The number of likely N-dealkylation sites (tertiary alicyclic amines) is 2. The van der Waals surface area contributed by atoms with Gasteiger partial charge < -0.3 is 29.5 Å². The summed E-state index contributed by atoms with van der Waals surface area (Å²) >= 11 is 0. The Morgan fingerprint density at radius 2 is 1.13 bits per heavy atom. The van der Waals surface area contributed by atoms with Gasteiger partial charge in [-0.1, -0.05) is 41.5 Å². The molecule has 2 amide bonds. The molecule has 8 nitrogen and oxygen atoms in total. The summed E-state index contributed by atoms with van der Waals surface area (Å²) in [6.07, 6.45) is -5.28. The lowest BCUT2D eigenvalue weighted by atomic mass is 9.74. The molecule has 2 N–H and O–H groups in total. The zero-order chi connectivity index (χ0) is 24.1. The molecule has 0 unspecified atom stereocenters. The lowest BCUT2D eigenvalue weighted by Crippen LogP contribution is -2.91. The number of hydrogen-bond acceptors (Lipinski definition) is 6. The fourth-order valence-corrected chi connectivity index (χ4v) is 4.34. The minimum atomic E-state index is -5.28. The zero-order valence-electron chi connectivity index (χ0n) is 18.9. The number of ether oxygens (including phenoxy) is 2. The molecule has 0 aromatic heterocycles. The monoisotopic (exact) mass is 452 g/mol. The molecule has 3 aliphatic heterocycles. The Morgan fingerprint density at radius 1 is 0.774 bits per heavy atom. The summed E-state index contributed by atoms with van der Waals surface area (Å²) in [5.41, 5.74) is -6.00. The number of rotatable bonds is 0. The number of nitrogens with zero attached hydrogens (tertiary/aromatic N) is 2. The van der Waals surface area contributed by atoms with E-state index >= 15 is 0 Å². The van der Waals surface area contributed by atoms with Gasteiger partial charge in [0.15, 0.2) is 17.0 Å². The van der Waals surface area contributed by atoms with E-state index in [0.717, 1.165) is 11.8 Å². The van der Waals surface area contributed by atoms with Gasteiger partial charge >= 0.3 is 6.18 Å². The fraction of sp³-hybridized carbons (Fsp3) is 0.900. The number of amides is 2. The van der Waals surface area contributed by atoms with Crippen LogP contribution in [-0.2, 0) is 19.1 Å². The van der Waals surface area contributed by atoms with Crippen molar-refractivity contribution in [2.24, 2.45) is 10.8 Å². The van der Waals surface area contributed by atoms with Crippen molar-refractivity contribution in [1.82, 2.24) is 9.80 Å². The fourth-order valence-electron chi connectivity index (χ4n) is 4.34. The summed E-state index contributed by atoms with van der Waals surface area (Å²) in [4.78, 5) is 27.3. The summed E-state index contributed by atoms with van der Waals surface area (Å²) in [6.45, 7) is 9.03. The first-order valence-corrected chi connectivity index (χ1v) is 10.1. The number of carbonyl (C=O) groups is 2. The molecule has 31 heavy (non-hydrogen) atoms. The molecule has 3 saturated heterocycles. The first-order valence-electron chi connectivity index (χ1n) is 10.1. The minimum absolute atomic E-state index is 0.334. The Kier molecular flexibility index (Phi) is 4.95. The predicted octanol–water partition coefficient (Wildman–Crippen LogP) is 1.25. The van der Waals surface area contributed by atoms with Gasteiger partial charge in [-0.25, -0.2) is 0 Å². The van der Waals surface area contributed by atoms with E-state index < -0.39 is 58.8 Å². The highest BCUT2D eigenvalue weighted by molar-refractivity contribution is 5.83. The topological polar surface area (TPSA) is 99.5 Å². The van der Waals surface area contributed by atoms with E-state index in [1.165, 1.54) is 4.90 Å². The zero-order valence-corrected chi connectivity index (χ0v) is 18.9. The van der Waals surface area contributed by atoms with Crippen molar-refractivity contribution < 1.29 is 42.4 Å². The van der Waals surface area contributed by atoms with Gasteiger partial charge in [0, 0.05) is 10.8 Å². The molecule has 3 rings (SSSR count). The molecule has 0 aromatic carbocycles. The Hall–Kier alpha value is -1.43. The van der Waals surface area contributed by atoms with Crippen LogP contribution in [0.1, 0.15) is 48.5 Å².